The number of carbonyl (C=O) groups excluding carboxylic acids is 1. The normalized spacial score (nSPS) is 12.3. The van der Waals surface area contributed by atoms with Crippen molar-refractivity contribution >= 4 is 21.6 Å². The quantitative estimate of drug-likeness (QED) is 0.390. The minimum Gasteiger partial charge on any atom is -0.497 e. The van der Waals surface area contributed by atoms with E-state index in [2.05, 4.69) is 19.2 Å². The van der Waals surface area contributed by atoms with Gasteiger partial charge in [0.2, 0.25) is 5.91 Å². The van der Waals surface area contributed by atoms with Crippen molar-refractivity contribution in [1.29, 1.82) is 0 Å². The lowest BCUT2D eigenvalue weighted by Gasteiger charge is -2.28. The summed E-state index contributed by atoms with van der Waals surface area (Å²) in [5, 5.41) is 3.08. The lowest BCUT2D eigenvalue weighted by molar-refractivity contribution is -0.120. The summed E-state index contributed by atoms with van der Waals surface area (Å²) in [4.78, 5) is 13.5. The maximum absolute atomic E-state index is 13.7. The topological polar surface area (TPSA) is 75.7 Å². The van der Waals surface area contributed by atoms with Crippen molar-refractivity contribution in [2.75, 3.05) is 18.0 Å². The summed E-state index contributed by atoms with van der Waals surface area (Å²) < 4.78 is 33.8. The Kier molecular flexibility index (Phi) is 8.93. The van der Waals surface area contributed by atoms with Crippen LogP contribution in [0.1, 0.15) is 44.4 Å². The van der Waals surface area contributed by atoms with Crippen molar-refractivity contribution in [2.45, 2.75) is 44.6 Å². The molecule has 3 aromatic carbocycles. The second-order valence-corrected chi connectivity index (χ2v) is 10.7. The van der Waals surface area contributed by atoms with Gasteiger partial charge in [0, 0.05) is 0 Å². The molecule has 3 aromatic rings. The summed E-state index contributed by atoms with van der Waals surface area (Å²) in [6.07, 6.45) is 1.36. The van der Waals surface area contributed by atoms with E-state index in [1.165, 1.54) is 4.31 Å². The molecular weight excluding hydrogens is 460 g/mol. The van der Waals surface area contributed by atoms with Crippen LogP contribution >= 0.6 is 0 Å². The van der Waals surface area contributed by atoms with Gasteiger partial charge >= 0.3 is 0 Å². The molecule has 6 nitrogen and oxygen atoms in total. The number of carbonyl (C=O) groups is 1. The Labute approximate surface area is 209 Å². The molecule has 0 aliphatic rings. The van der Waals surface area contributed by atoms with E-state index in [9.17, 15) is 13.2 Å². The van der Waals surface area contributed by atoms with E-state index in [-0.39, 0.29) is 23.4 Å². The Morgan fingerprint density at radius 3 is 2.17 bits per heavy atom. The number of rotatable bonds is 11. The van der Waals surface area contributed by atoms with Gasteiger partial charge in [0.25, 0.3) is 10.0 Å². The fraction of sp³-hybridized carbons (Fsp3) is 0.321. The van der Waals surface area contributed by atoms with Gasteiger partial charge in [-0.3, -0.25) is 9.10 Å². The molecule has 0 heterocycles. The van der Waals surface area contributed by atoms with Crippen molar-refractivity contribution in [3.8, 4) is 5.75 Å². The van der Waals surface area contributed by atoms with Crippen molar-refractivity contribution in [3.05, 3.63) is 90.0 Å². The molecule has 0 aliphatic carbocycles. The Balaban J connectivity index is 1.94. The molecule has 0 spiro atoms. The van der Waals surface area contributed by atoms with E-state index in [0.717, 1.165) is 23.3 Å². The number of methoxy groups -OCH3 is 1. The zero-order chi connectivity index (χ0) is 25.4. The monoisotopic (exact) mass is 494 g/mol. The van der Waals surface area contributed by atoms with Crippen LogP contribution in [0.5, 0.6) is 5.75 Å². The van der Waals surface area contributed by atoms with Crippen LogP contribution in [0.4, 0.5) is 5.69 Å². The van der Waals surface area contributed by atoms with Crippen LogP contribution in [0, 0.1) is 5.92 Å². The first kappa shape index (κ1) is 26.3. The first-order chi connectivity index (χ1) is 16.8. The average molecular weight is 495 g/mol. The third-order valence-corrected chi connectivity index (χ3v) is 7.59. The molecule has 186 valence electrons. The van der Waals surface area contributed by atoms with Crippen LogP contribution in [0.25, 0.3) is 0 Å². The van der Waals surface area contributed by atoms with Crippen molar-refractivity contribution < 1.29 is 17.9 Å². The van der Waals surface area contributed by atoms with Gasteiger partial charge in [0.15, 0.2) is 0 Å². The molecule has 0 aliphatic heterocycles. The van der Waals surface area contributed by atoms with Gasteiger partial charge in [-0.1, -0.05) is 69.3 Å². The highest BCUT2D eigenvalue weighted by atomic mass is 32.2. The standard InChI is InChI=1S/C28H34N2O4S/c1-5-22-11-9-10-14-27(22)30(35(32,33)25-12-7-6-8-13-25)20-28(31)29-26(19-21(2)3)23-15-17-24(34-4)18-16-23/h6-18,21,26H,5,19-20H2,1-4H3,(H,29,31)/t26-/m0/s1. The van der Waals surface area contributed by atoms with Gasteiger partial charge in [-0.15, -0.1) is 0 Å². The van der Waals surface area contributed by atoms with E-state index in [4.69, 9.17) is 4.74 Å². The fourth-order valence-electron chi connectivity index (χ4n) is 4.03. The predicted molar refractivity (Wildman–Crippen MR) is 140 cm³/mol. The highest BCUT2D eigenvalue weighted by Crippen LogP contribution is 2.28. The lowest BCUT2D eigenvalue weighted by Crippen LogP contribution is -2.42. The summed E-state index contributed by atoms with van der Waals surface area (Å²) >= 11 is 0. The number of hydrogen-bond acceptors (Lipinski definition) is 4. The second kappa shape index (κ2) is 11.9. The number of anilines is 1. The third-order valence-electron chi connectivity index (χ3n) is 5.82. The smallest absolute Gasteiger partial charge is 0.264 e. The number of hydrogen-bond donors (Lipinski definition) is 1. The van der Waals surface area contributed by atoms with Crippen molar-refractivity contribution in [1.82, 2.24) is 5.32 Å². The van der Waals surface area contributed by atoms with Crippen molar-refractivity contribution in [3.63, 3.8) is 0 Å². The van der Waals surface area contributed by atoms with Gasteiger partial charge in [-0.05, 0) is 60.2 Å². The SMILES string of the molecule is CCc1ccccc1N(CC(=O)N[C@@H](CC(C)C)c1ccc(OC)cc1)S(=O)(=O)c1ccccc1. The average Bonchev–Trinajstić information content (AvgIpc) is 2.87. The van der Waals surface area contributed by atoms with Crippen LogP contribution in [-0.2, 0) is 21.2 Å². The molecule has 3 rings (SSSR count). The zero-order valence-corrected chi connectivity index (χ0v) is 21.6. The summed E-state index contributed by atoms with van der Waals surface area (Å²) in [6, 6.07) is 22.8. The van der Waals surface area contributed by atoms with E-state index in [1.807, 2.05) is 43.3 Å². The summed E-state index contributed by atoms with van der Waals surface area (Å²) in [6.45, 7) is 5.83. The van der Waals surface area contributed by atoms with Gasteiger partial charge < -0.3 is 10.1 Å². The van der Waals surface area contributed by atoms with Crippen molar-refractivity contribution in [2.24, 2.45) is 5.92 Å². The Bertz CT molecular complexity index is 1210. The summed E-state index contributed by atoms with van der Waals surface area (Å²) in [5.74, 6) is 0.698. The van der Waals surface area contributed by atoms with Gasteiger partial charge in [0.05, 0.1) is 23.7 Å². The zero-order valence-electron chi connectivity index (χ0n) is 20.8. The maximum atomic E-state index is 13.7. The highest BCUT2D eigenvalue weighted by molar-refractivity contribution is 7.92. The van der Waals surface area contributed by atoms with Gasteiger partial charge in [-0.2, -0.15) is 0 Å². The number of nitrogens with one attached hydrogen (secondary N) is 1. The maximum Gasteiger partial charge on any atom is 0.264 e. The highest BCUT2D eigenvalue weighted by Gasteiger charge is 2.29. The van der Waals surface area contributed by atoms with Crippen LogP contribution in [0.15, 0.2) is 83.8 Å². The van der Waals surface area contributed by atoms with Gasteiger partial charge in [0.1, 0.15) is 12.3 Å². The largest absolute Gasteiger partial charge is 0.497 e. The number of aryl methyl sites for hydroxylation is 1. The number of para-hydroxylation sites is 1. The molecule has 1 amide bonds. The third kappa shape index (κ3) is 6.63. The molecule has 0 radical (unpaired) electrons. The van der Waals surface area contributed by atoms with E-state index in [0.29, 0.717) is 18.0 Å². The molecule has 0 bridgehead atoms. The predicted octanol–water partition coefficient (Wildman–Crippen LogP) is 5.36. The van der Waals surface area contributed by atoms with Gasteiger partial charge in [-0.25, -0.2) is 8.42 Å². The number of sulfonamides is 1. The molecule has 35 heavy (non-hydrogen) atoms. The summed E-state index contributed by atoms with van der Waals surface area (Å²) in [7, 11) is -2.35. The molecule has 7 heteroatoms. The Morgan fingerprint density at radius 2 is 1.57 bits per heavy atom. The number of ether oxygens (including phenoxy) is 1. The van der Waals surface area contributed by atoms with Crippen LogP contribution in [0.3, 0.4) is 0 Å². The first-order valence-electron chi connectivity index (χ1n) is 11.8. The molecule has 0 fully saturated rings. The minimum atomic E-state index is -3.96. The van der Waals surface area contributed by atoms with Crippen LogP contribution < -0.4 is 14.4 Å². The number of benzene rings is 3. The molecule has 0 aromatic heterocycles. The molecule has 0 saturated carbocycles. The van der Waals surface area contributed by atoms with E-state index < -0.39 is 10.0 Å². The van der Waals surface area contributed by atoms with E-state index >= 15 is 0 Å². The van der Waals surface area contributed by atoms with E-state index in [1.54, 1.807) is 49.6 Å². The molecule has 1 N–H and O–H groups in total. The molecule has 0 saturated heterocycles. The molecular formula is C28H34N2O4S. The second-order valence-electron chi connectivity index (χ2n) is 8.83. The number of nitrogens with zero attached hydrogens (tertiary/aromatic N) is 1. The molecule has 0 unspecified atom stereocenters. The minimum absolute atomic E-state index is 0.146. The lowest BCUT2D eigenvalue weighted by atomic mass is 9.97. The Hall–Kier alpha value is -3.32. The number of amides is 1. The fourth-order valence-corrected chi connectivity index (χ4v) is 5.51. The first-order valence-corrected chi connectivity index (χ1v) is 13.3. The van der Waals surface area contributed by atoms with Crippen LogP contribution in [-0.4, -0.2) is 28.0 Å². The van der Waals surface area contributed by atoms with Crippen LogP contribution in [0.2, 0.25) is 0 Å². The summed E-state index contributed by atoms with van der Waals surface area (Å²) in [5.41, 5.74) is 2.31. The molecule has 1 atom stereocenters. The Morgan fingerprint density at radius 1 is 0.943 bits per heavy atom.